The summed E-state index contributed by atoms with van der Waals surface area (Å²) in [5.74, 6) is 0. The first-order chi connectivity index (χ1) is 25.3. The van der Waals surface area contributed by atoms with Crippen LogP contribution >= 0.6 is 22.7 Å². The Morgan fingerprint density at radius 2 is 1.12 bits per heavy atom. The Hall–Kier alpha value is -6.07. The van der Waals surface area contributed by atoms with Gasteiger partial charge in [0.15, 0.2) is 0 Å². The number of thiazole rings is 1. The van der Waals surface area contributed by atoms with Crippen molar-refractivity contribution < 1.29 is 0 Å². The van der Waals surface area contributed by atoms with Crippen molar-refractivity contribution >= 4 is 80.9 Å². The molecule has 0 N–H and O–H groups in total. The molecule has 0 aliphatic rings. The van der Waals surface area contributed by atoms with Crippen LogP contribution < -0.4 is 4.90 Å². The molecule has 4 heteroatoms. The highest BCUT2D eigenvalue weighted by atomic mass is 32.1. The summed E-state index contributed by atoms with van der Waals surface area (Å²) in [5.41, 5.74) is 10.4. The van der Waals surface area contributed by atoms with Crippen molar-refractivity contribution in [3.05, 3.63) is 182 Å². The van der Waals surface area contributed by atoms with Crippen molar-refractivity contribution in [1.29, 1.82) is 0 Å². The molecule has 10 rings (SSSR count). The lowest BCUT2D eigenvalue weighted by molar-refractivity contribution is 1.29. The number of para-hydroxylation sites is 1. The van der Waals surface area contributed by atoms with Crippen molar-refractivity contribution in [2.24, 2.45) is 0 Å². The third-order valence-corrected chi connectivity index (χ3v) is 11.9. The number of hydrogen-bond donors (Lipinski definition) is 0. The lowest BCUT2D eigenvalue weighted by atomic mass is 9.99. The van der Waals surface area contributed by atoms with Gasteiger partial charge in [0.05, 0.1) is 15.9 Å². The second-order valence-corrected chi connectivity index (χ2v) is 14.9. The molecule has 0 aliphatic carbocycles. The van der Waals surface area contributed by atoms with E-state index in [4.69, 9.17) is 4.98 Å². The van der Waals surface area contributed by atoms with Crippen LogP contribution in [0.5, 0.6) is 0 Å². The van der Waals surface area contributed by atoms with Crippen molar-refractivity contribution in [3.8, 4) is 32.8 Å². The highest BCUT2D eigenvalue weighted by molar-refractivity contribution is 7.28. The highest BCUT2D eigenvalue weighted by Crippen LogP contribution is 2.46. The Balaban J connectivity index is 1.12. The number of aromatic nitrogens is 1. The lowest BCUT2D eigenvalue weighted by Gasteiger charge is -2.28. The van der Waals surface area contributed by atoms with Crippen LogP contribution in [0.2, 0.25) is 0 Å². The van der Waals surface area contributed by atoms with Crippen LogP contribution in [-0.2, 0) is 0 Å². The van der Waals surface area contributed by atoms with Gasteiger partial charge in [-0.3, -0.25) is 0 Å². The molecule has 2 heterocycles. The largest absolute Gasteiger partial charge is 0.310 e. The van der Waals surface area contributed by atoms with Crippen molar-refractivity contribution in [3.63, 3.8) is 0 Å². The maximum atomic E-state index is 5.04. The van der Waals surface area contributed by atoms with E-state index in [1.807, 2.05) is 11.3 Å². The Morgan fingerprint density at radius 3 is 1.94 bits per heavy atom. The summed E-state index contributed by atoms with van der Waals surface area (Å²) in [7, 11) is 0. The number of benzene rings is 8. The summed E-state index contributed by atoms with van der Waals surface area (Å²) in [6.45, 7) is 0. The van der Waals surface area contributed by atoms with Crippen molar-refractivity contribution in [1.82, 2.24) is 4.98 Å². The Kier molecular flexibility index (Phi) is 7.23. The fourth-order valence-corrected chi connectivity index (χ4v) is 9.55. The second kappa shape index (κ2) is 12.4. The van der Waals surface area contributed by atoms with Crippen molar-refractivity contribution in [2.45, 2.75) is 0 Å². The van der Waals surface area contributed by atoms with E-state index < -0.39 is 0 Å². The highest BCUT2D eigenvalue weighted by Gasteiger charge is 2.20. The molecule has 0 unspecified atom stereocenters. The molecule has 0 amide bonds. The number of hydrogen-bond acceptors (Lipinski definition) is 4. The molecule has 0 spiro atoms. The van der Waals surface area contributed by atoms with E-state index in [2.05, 4.69) is 187 Å². The minimum absolute atomic E-state index is 1.06. The molecule has 0 saturated carbocycles. The predicted molar refractivity (Wildman–Crippen MR) is 221 cm³/mol. The van der Waals surface area contributed by atoms with Crippen LogP contribution in [0.15, 0.2) is 182 Å². The van der Waals surface area contributed by atoms with E-state index in [0.29, 0.717) is 0 Å². The van der Waals surface area contributed by atoms with Crippen molar-refractivity contribution in [2.75, 3.05) is 4.90 Å². The fourth-order valence-electron chi connectivity index (χ4n) is 7.21. The van der Waals surface area contributed by atoms with E-state index >= 15 is 0 Å². The van der Waals surface area contributed by atoms with E-state index in [1.165, 1.54) is 57.9 Å². The molecule has 240 valence electrons. The molecule has 51 heavy (non-hydrogen) atoms. The van der Waals surface area contributed by atoms with Gasteiger partial charge in [0.25, 0.3) is 0 Å². The van der Waals surface area contributed by atoms with Gasteiger partial charge in [0, 0.05) is 42.7 Å². The quantitative estimate of drug-likeness (QED) is 0.173. The molecule has 2 nitrogen and oxygen atoms in total. The van der Waals surface area contributed by atoms with E-state index in [1.54, 1.807) is 11.3 Å². The van der Waals surface area contributed by atoms with Crippen LogP contribution in [0.1, 0.15) is 0 Å². The average Bonchev–Trinajstić information content (AvgIpc) is 3.81. The molecule has 2 aromatic heterocycles. The molecule has 8 aromatic carbocycles. The maximum Gasteiger partial charge on any atom is 0.124 e. The molecule has 0 saturated heterocycles. The molecule has 0 radical (unpaired) electrons. The SMILES string of the molecule is c1ccc(-c2nc3ccc4sc5cc(N(c6ccc(-c7ccc8ccccc8c7)cc6)c6ccccc6-c6ccccc6)ccc5c4c3s2)cc1. The monoisotopic (exact) mass is 686 g/mol. The van der Waals surface area contributed by atoms with Gasteiger partial charge in [-0.1, -0.05) is 133 Å². The number of anilines is 3. The zero-order chi connectivity index (χ0) is 33.7. The molecular formula is C47H30N2S2. The van der Waals surface area contributed by atoms with Crippen LogP contribution in [0.3, 0.4) is 0 Å². The molecule has 0 aliphatic heterocycles. The van der Waals surface area contributed by atoms with Crippen LogP contribution in [0, 0.1) is 0 Å². The average molecular weight is 687 g/mol. The molecular weight excluding hydrogens is 657 g/mol. The minimum atomic E-state index is 1.06. The first kappa shape index (κ1) is 29.8. The third-order valence-electron chi connectivity index (χ3n) is 9.69. The summed E-state index contributed by atoms with van der Waals surface area (Å²) in [6.07, 6.45) is 0. The smallest absolute Gasteiger partial charge is 0.124 e. The summed E-state index contributed by atoms with van der Waals surface area (Å²) in [6, 6.07) is 65.6. The zero-order valence-corrected chi connectivity index (χ0v) is 29.2. The Bertz CT molecular complexity index is 2850. The zero-order valence-electron chi connectivity index (χ0n) is 27.5. The lowest BCUT2D eigenvalue weighted by Crippen LogP contribution is -2.11. The van der Waals surface area contributed by atoms with E-state index in [9.17, 15) is 0 Å². The van der Waals surface area contributed by atoms with Gasteiger partial charge in [-0.2, -0.15) is 0 Å². The second-order valence-electron chi connectivity index (χ2n) is 12.8. The number of rotatable bonds is 6. The van der Waals surface area contributed by atoms with Gasteiger partial charge in [0.1, 0.15) is 5.01 Å². The molecule has 0 bridgehead atoms. The predicted octanol–water partition coefficient (Wildman–Crippen LogP) is 14.3. The van der Waals surface area contributed by atoms with E-state index in [-0.39, 0.29) is 0 Å². The fraction of sp³-hybridized carbons (Fsp3) is 0. The van der Waals surface area contributed by atoms with Gasteiger partial charge in [-0.05, 0) is 76.0 Å². The first-order valence-corrected chi connectivity index (χ1v) is 18.8. The summed E-state index contributed by atoms with van der Waals surface area (Å²) < 4.78 is 3.80. The van der Waals surface area contributed by atoms with E-state index in [0.717, 1.165) is 33.1 Å². The van der Waals surface area contributed by atoms with Gasteiger partial charge in [-0.15, -0.1) is 22.7 Å². The normalized spacial score (nSPS) is 11.5. The summed E-state index contributed by atoms with van der Waals surface area (Å²) >= 11 is 3.65. The molecule has 10 aromatic rings. The summed E-state index contributed by atoms with van der Waals surface area (Å²) in [5, 5.41) is 6.14. The van der Waals surface area contributed by atoms with Gasteiger partial charge in [-0.25, -0.2) is 4.98 Å². The standard InChI is InChI=1S/C47H30N2S2/c1-3-12-33(13-4-1)39-17-9-10-18-42(39)49(37-23-21-32(22-24-37)36-20-19-31-11-7-8-16-35(31)29-36)38-25-26-40-44(30-38)50-43-28-27-41-46(45(40)43)51-47(48-41)34-14-5-2-6-15-34/h1-30H. The minimum Gasteiger partial charge on any atom is -0.310 e. The van der Waals surface area contributed by atoms with Crippen LogP contribution in [0.4, 0.5) is 17.1 Å². The van der Waals surface area contributed by atoms with Crippen LogP contribution in [-0.4, -0.2) is 4.98 Å². The van der Waals surface area contributed by atoms with Gasteiger partial charge < -0.3 is 4.90 Å². The maximum absolute atomic E-state index is 5.04. The topological polar surface area (TPSA) is 16.1 Å². The van der Waals surface area contributed by atoms with Gasteiger partial charge >= 0.3 is 0 Å². The van der Waals surface area contributed by atoms with Gasteiger partial charge in [0.2, 0.25) is 0 Å². The third kappa shape index (κ3) is 5.28. The molecule has 0 fully saturated rings. The van der Waals surface area contributed by atoms with Crippen LogP contribution in [0.25, 0.3) is 74.0 Å². The number of nitrogens with zero attached hydrogens (tertiary/aromatic N) is 2. The Morgan fingerprint density at radius 1 is 0.431 bits per heavy atom. The summed E-state index contributed by atoms with van der Waals surface area (Å²) in [4.78, 5) is 7.45. The number of thiophene rings is 1. The first-order valence-electron chi connectivity index (χ1n) is 17.1. The molecule has 0 atom stereocenters. The number of fused-ring (bicyclic) bond motifs is 6. The Labute approximate surface area is 304 Å².